The van der Waals surface area contributed by atoms with Crippen molar-refractivity contribution in [1.29, 1.82) is 0 Å². The maximum Gasteiger partial charge on any atom is 0.246 e. The molecule has 6 aromatic carbocycles. The highest BCUT2D eigenvalue weighted by molar-refractivity contribution is 7.13. The van der Waals surface area contributed by atoms with Crippen LogP contribution in [-0.2, 0) is 80.9 Å². The van der Waals surface area contributed by atoms with Gasteiger partial charge in [0.05, 0.1) is 39.3 Å². The maximum atomic E-state index is 12.0. The largest absolute Gasteiger partial charge is 0.464 e. The molecule has 624 valence electrons. The molecule has 0 N–H and O–H groups in total. The Labute approximate surface area is 734 Å². The van der Waals surface area contributed by atoms with Crippen molar-refractivity contribution >= 4 is 80.8 Å². The predicted molar refractivity (Wildman–Crippen MR) is 496 cm³/mol. The number of hydrogen-bond donors (Lipinski definition) is 0. The summed E-state index contributed by atoms with van der Waals surface area (Å²) in [6.07, 6.45) is 10.5. The van der Waals surface area contributed by atoms with E-state index in [1.165, 1.54) is 142 Å². The molecule has 18 heteroatoms. The van der Waals surface area contributed by atoms with Gasteiger partial charge in [-0.05, 0) is 169 Å². The van der Waals surface area contributed by atoms with Gasteiger partial charge in [-0.15, -0.1) is 45.3 Å². The molecule has 12 heterocycles. The average molecular weight is 1700 g/mol. The zero-order valence-electron chi connectivity index (χ0n) is 70.4. The van der Waals surface area contributed by atoms with Crippen LogP contribution in [0, 0.1) is 27.7 Å². The minimum absolute atomic E-state index is 0.0163. The number of aryl methyl sites for hydroxylation is 6. The highest BCUT2D eigenvalue weighted by atomic mass is 32.1. The molecule has 6 aliphatic rings. The quantitative estimate of drug-likeness (QED) is 0.0977. The van der Waals surface area contributed by atoms with Crippen LogP contribution >= 0.6 is 45.3 Å². The van der Waals surface area contributed by atoms with E-state index in [0.29, 0.717) is 52.4 Å². The van der Waals surface area contributed by atoms with Gasteiger partial charge >= 0.3 is 0 Å². The first kappa shape index (κ1) is 87.7. The summed E-state index contributed by atoms with van der Waals surface area (Å²) in [6, 6.07) is 75.6. The van der Waals surface area contributed by atoms with Crippen molar-refractivity contribution in [3.8, 4) is 0 Å². The number of amides is 6. The Morgan fingerprint density at radius 2 is 0.500 bits per heavy atom. The van der Waals surface area contributed by atoms with Crippen molar-refractivity contribution in [3.63, 3.8) is 0 Å². The number of nitrogens with zero attached hydrogens (tertiary/aromatic N) is 6. The molecule has 12 aromatic rings. The Bertz CT molecular complexity index is 5120. The molecule has 0 spiro atoms. The van der Waals surface area contributed by atoms with Gasteiger partial charge in [-0.25, -0.2) is 0 Å². The number of hydrogen-bond acceptors (Lipinski definition) is 12. The minimum atomic E-state index is -0.0503. The molecule has 14 nitrogen and oxygen atoms in total. The van der Waals surface area contributed by atoms with E-state index in [1.807, 2.05) is 117 Å². The van der Waals surface area contributed by atoms with Gasteiger partial charge in [-0.1, -0.05) is 235 Å². The predicted octanol–water partition coefficient (Wildman–Crippen LogP) is 21.9. The van der Waals surface area contributed by atoms with Crippen LogP contribution < -0.4 is 0 Å². The minimum Gasteiger partial charge on any atom is -0.464 e. The van der Waals surface area contributed by atoms with Crippen molar-refractivity contribution in [2.45, 2.75) is 129 Å². The molecule has 122 heavy (non-hydrogen) atoms. The van der Waals surface area contributed by atoms with E-state index in [2.05, 4.69) is 225 Å². The lowest BCUT2D eigenvalue weighted by molar-refractivity contribution is -0.128. The molecule has 0 unspecified atom stereocenters. The molecule has 6 aromatic heterocycles. The van der Waals surface area contributed by atoms with Gasteiger partial charge in [0.2, 0.25) is 35.4 Å². The normalized spacial score (nSPS) is 17.6. The fraction of sp³-hybridized carbons (Fsp3) is 0.250. The molecule has 6 aliphatic heterocycles. The highest BCUT2D eigenvalue weighted by Crippen LogP contribution is 2.44. The first-order valence-electron chi connectivity index (χ1n) is 41.6. The van der Waals surface area contributed by atoms with Crippen LogP contribution in [-0.4, -0.2) is 104 Å². The van der Waals surface area contributed by atoms with Crippen LogP contribution in [0.1, 0.15) is 178 Å². The van der Waals surface area contributed by atoms with Gasteiger partial charge in [0, 0.05) is 125 Å². The number of fused-ring (bicyclic) bond motifs is 6. The van der Waals surface area contributed by atoms with E-state index in [1.54, 1.807) is 32.5 Å². The Kier molecular flexibility index (Phi) is 29.5. The van der Waals surface area contributed by atoms with Crippen LogP contribution in [0.15, 0.2) is 303 Å². The van der Waals surface area contributed by atoms with Crippen LogP contribution in [0.25, 0.3) is 0 Å². The number of thiophene rings is 4. The topological polar surface area (TPSA) is 148 Å². The molecule has 6 atom stereocenters. The van der Waals surface area contributed by atoms with Crippen molar-refractivity contribution in [3.05, 3.63) is 423 Å². The summed E-state index contributed by atoms with van der Waals surface area (Å²) in [5.41, 5.74) is 15.5. The average Bonchev–Trinajstić information content (AvgIpc) is 1.63. The second kappa shape index (κ2) is 41.0. The van der Waals surface area contributed by atoms with Gasteiger partial charge in [0.25, 0.3) is 0 Å². The molecule has 0 bridgehead atoms. The van der Waals surface area contributed by atoms with Gasteiger partial charge in [0.1, 0.15) is 23.0 Å². The number of rotatable bonds is 14. The Morgan fingerprint density at radius 1 is 0.295 bits per heavy atom. The van der Waals surface area contributed by atoms with E-state index >= 15 is 0 Å². The van der Waals surface area contributed by atoms with E-state index < -0.39 is 0 Å². The summed E-state index contributed by atoms with van der Waals surface area (Å²) in [5.74, 6) is 4.96. The summed E-state index contributed by atoms with van der Waals surface area (Å²) in [6.45, 7) is 42.3. The Balaban J connectivity index is 0.000000126. The van der Waals surface area contributed by atoms with Crippen molar-refractivity contribution in [2.75, 3.05) is 39.3 Å². The molecule has 0 radical (unpaired) electrons. The third-order valence-corrected chi connectivity index (χ3v) is 27.8. The summed E-state index contributed by atoms with van der Waals surface area (Å²) in [7, 11) is 0. The van der Waals surface area contributed by atoms with E-state index in [9.17, 15) is 28.8 Å². The molecular formula is C104H106N6O8S4. The number of carbonyl (C=O) groups is 6. The maximum absolute atomic E-state index is 12.0. The first-order chi connectivity index (χ1) is 59.2. The lowest BCUT2D eigenvalue weighted by Crippen LogP contribution is -2.37. The van der Waals surface area contributed by atoms with E-state index in [-0.39, 0.29) is 71.0 Å². The first-order valence-corrected chi connectivity index (χ1v) is 44.8. The Morgan fingerprint density at radius 3 is 0.721 bits per heavy atom. The van der Waals surface area contributed by atoms with E-state index in [4.69, 9.17) is 8.83 Å². The van der Waals surface area contributed by atoms with Gasteiger partial charge in [0.15, 0.2) is 0 Å². The van der Waals surface area contributed by atoms with Crippen molar-refractivity contribution in [2.24, 2.45) is 0 Å². The third kappa shape index (κ3) is 20.7. The lowest BCUT2D eigenvalue weighted by atomic mass is 9.88. The SMILES string of the molecule is C=CC(=O)N1Cc2oc(C)cc2[C@@H](c2ccccc2)C1.C=CC(=O)N1Cc2oc(C)cc2[C@H](c2ccccc2)C1.C=CC(=O)N1Cc2sc(C)cc2[C@@H](c2ccccc2)C1.C=CC(=O)N1Cc2sc(C)cc2[C@H](c2ccccc2)C1.C=CC(=O)N1Cc2sc(CC)cc2[C@@H](c2ccccc2)C1.C=CC(=O)N1Cc2sc(CC)cc2[C@H](c2ccccc2)C1. The molecule has 6 amide bonds. The van der Waals surface area contributed by atoms with Crippen LogP contribution in [0.2, 0.25) is 0 Å². The highest BCUT2D eigenvalue weighted by Gasteiger charge is 2.37. The van der Waals surface area contributed by atoms with Gasteiger partial charge in [-0.2, -0.15) is 0 Å². The van der Waals surface area contributed by atoms with E-state index in [0.717, 1.165) is 62.1 Å². The smallest absolute Gasteiger partial charge is 0.246 e. The molecule has 0 fully saturated rings. The summed E-state index contributed by atoms with van der Waals surface area (Å²) in [5, 5.41) is 0. The molecule has 0 saturated carbocycles. The van der Waals surface area contributed by atoms with Crippen LogP contribution in [0.4, 0.5) is 0 Å². The molecule has 0 aliphatic carbocycles. The standard InChI is InChI=1S/2C18H19NOS.2C17H17NO2.2C17H17NOS/c2*1-3-14-10-15-16(13-8-6-5-7-9-13)11-19(18(20)4-2)12-17(15)21-14;4*1-3-17(19)18-10-15(13-7-5-4-6-8-13)14-9-12(2)20-16(14)11-18/h2*4-10,16H,2-3,11-12H2,1H3;4*3-9,15H,1,10-11H2,2H3/t2*16-;4*15-/m101010/s1. The summed E-state index contributed by atoms with van der Waals surface area (Å²) < 4.78 is 11.5. The van der Waals surface area contributed by atoms with Crippen LogP contribution in [0.3, 0.4) is 0 Å². The third-order valence-electron chi connectivity index (χ3n) is 23.1. The number of carbonyl (C=O) groups excluding carboxylic acids is 6. The van der Waals surface area contributed by atoms with Crippen molar-refractivity contribution in [1.82, 2.24) is 29.4 Å². The molecular weight excluding hydrogens is 1590 g/mol. The van der Waals surface area contributed by atoms with Gasteiger partial charge in [-0.3, -0.25) is 28.8 Å². The second-order valence-electron chi connectivity index (χ2n) is 31.1. The molecule has 18 rings (SSSR count). The number of benzene rings is 6. The zero-order chi connectivity index (χ0) is 86.1. The summed E-state index contributed by atoms with van der Waals surface area (Å²) in [4.78, 5) is 93.7. The summed E-state index contributed by atoms with van der Waals surface area (Å²) >= 11 is 7.26. The Hall–Kier alpha value is -12.1. The molecule has 0 saturated heterocycles. The van der Waals surface area contributed by atoms with Crippen LogP contribution in [0.5, 0.6) is 0 Å². The fourth-order valence-corrected chi connectivity index (χ4v) is 21.7. The lowest BCUT2D eigenvalue weighted by Gasteiger charge is -2.32. The van der Waals surface area contributed by atoms with Gasteiger partial charge < -0.3 is 38.2 Å². The second-order valence-corrected chi connectivity index (χ2v) is 36.3. The number of furan rings is 2. The fourth-order valence-electron chi connectivity index (χ4n) is 17.1. The zero-order valence-corrected chi connectivity index (χ0v) is 73.7. The monoisotopic (exact) mass is 1690 g/mol. The van der Waals surface area contributed by atoms with Crippen molar-refractivity contribution < 1.29 is 37.6 Å².